The van der Waals surface area contributed by atoms with Crippen molar-refractivity contribution in [3.63, 3.8) is 0 Å². The van der Waals surface area contributed by atoms with Crippen LogP contribution in [-0.4, -0.2) is 13.6 Å². The van der Waals surface area contributed by atoms with Crippen molar-refractivity contribution in [1.82, 2.24) is 0 Å². The van der Waals surface area contributed by atoms with Crippen molar-refractivity contribution in [3.05, 3.63) is 23.8 Å². The van der Waals surface area contributed by atoms with Crippen LogP contribution in [0.5, 0.6) is 0 Å². The number of nitrogen functional groups attached to an aromatic ring is 1. The smallest absolute Gasteiger partial charge is 0.0597 e. The maximum atomic E-state index is 5.88. The molecule has 13 heavy (non-hydrogen) atoms. The first-order valence-corrected chi connectivity index (χ1v) is 4.48. The first kappa shape index (κ1) is 9.86. The van der Waals surface area contributed by atoms with Crippen LogP contribution in [0.3, 0.4) is 0 Å². The van der Waals surface area contributed by atoms with Crippen LogP contribution < -0.4 is 16.4 Å². The lowest BCUT2D eigenvalue weighted by atomic mass is 10.1. The normalized spacial score (nSPS) is 10.1. The number of nitrogens with two attached hydrogens (primary N) is 2. The van der Waals surface area contributed by atoms with Gasteiger partial charge in [-0.1, -0.05) is 6.07 Å². The van der Waals surface area contributed by atoms with Crippen molar-refractivity contribution in [2.45, 2.75) is 13.5 Å². The Morgan fingerprint density at radius 3 is 2.54 bits per heavy atom. The van der Waals surface area contributed by atoms with Crippen LogP contribution in [0.15, 0.2) is 18.2 Å². The summed E-state index contributed by atoms with van der Waals surface area (Å²) in [5.41, 5.74) is 14.3. The summed E-state index contributed by atoms with van der Waals surface area (Å²) in [6.45, 7) is 3.59. The van der Waals surface area contributed by atoms with E-state index in [1.165, 1.54) is 0 Å². The molecule has 0 aliphatic rings. The number of nitrogens with zero attached hydrogens (tertiary/aromatic N) is 1. The van der Waals surface area contributed by atoms with Crippen molar-refractivity contribution in [1.29, 1.82) is 0 Å². The minimum Gasteiger partial charge on any atom is -0.397 e. The van der Waals surface area contributed by atoms with E-state index >= 15 is 0 Å². The summed E-state index contributed by atoms with van der Waals surface area (Å²) in [7, 11) is 2.02. The van der Waals surface area contributed by atoms with E-state index in [0.29, 0.717) is 6.54 Å². The molecule has 1 rings (SSSR count). The van der Waals surface area contributed by atoms with E-state index in [1.54, 1.807) is 0 Å². The standard InChI is InChI=1S/C10H17N3/c1-3-13(2)10-5-4-8(7-11)6-9(10)12/h4-6H,3,7,11-12H2,1-2H3. The van der Waals surface area contributed by atoms with Crippen LogP contribution in [0.25, 0.3) is 0 Å². The molecule has 1 aromatic carbocycles. The summed E-state index contributed by atoms with van der Waals surface area (Å²) in [5.74, 6) is 0. The van der Waals surface area contributed by atoms with Gasteiger partial charge in [0.15, 0.2) is 0 Å². The zero-order chi connectivity index (χ0) is 9.84. The Hall–Kier alpha value is -1.22. The minimum atomic E-state index is 0.542. The zero-order valence-electron chi connectivity index (χ0n) is 8.25. The highest BCUT2D eigenvalue weighted by Crippen LogP contribution is 2.22. The molecule has 0 radical (unpaired) electrons. The fraction of sp³-hybridized carbons (Fsp3) is 0.400. The van der Waals surface area contributed by atoms with Crippen LogP contribution in [-0.2, 0) is 6.54 Å². The second-order valence-electron chi connectivity index (χ2n) is 3.11. The van der Waals surface area contributed by atoms with Gasteiger partial charge in [-0.15, -0.1) is 0 Å². The highest BCUT2D eigenvalue weighted by molar-refractivity contribution is 5.68. The lowest BCUT2D eigenvalue weighted by molar-refractivity contribution is 0.967. The Morgan fingerprint density at radius 1 is 1.38 bits per heavy atom. The molecule has 0 bridgehead atoms. The van der Waals surface area contributed by atoms with Crippen molar-refractivity contribution < 1.29 is 0 Å². The molecule has 0 unspecified atom stereocenters. The van der Waals surface area contributed by atoms with Crippen molar-refractivity contribution >= 4 is 11.4 Å². The highest BCUT2D eigenvalue weighted by atomic mass is 15.1. The largest absolute Gasteiger partial charge is 0.397 e. The van der Waals surface area contributed by atoms with Gasteiger partial charge in [0.2, 0.25) is 0 Å². The molecule has 72 valence electrons. The van der Waals surface area contributed by atoms with Crippen molar-refractivity contribution in [2.75, 3.05) is 24.2 Å². The summed E-state index contributed by atoms with van der Waals surface area (Å²) in [6.07, 6.45) is 0. The van der Waals surface area contributed by atoms with Gasteiger partial charge in [0.1, 0.15) is 0 Å². The van der Waals surface area contributed by atoms with Gasteiger partial charge in [-0.2, -0.15) is 0 Å². The first-order valence-electron chi connectivity index (χ1n) is 4.48. The van der Waals surface area contributed by atoms with E-state index < -0.39 is 0 Å². The Kier molecular flexibility index (Phi) is 3.14. The van der Waals surface area contributed by atoms with Gasteiger partial charge in [-0.05, 0) is 24.6 Å². The fourth-order valence-electron chi connectivity index (χ4n) is 1.25. The monoisotopic (exact) mass is 179 g/mol. The van der Waals surface area contributed by atoms with Crippen LogP contribution in [0, 0.1) is 0 Å². The van der Waals surface area contributed by atoms with Gasteiger partial charge in [-0.3, -0.25) is 0 Å². The summed E-state index contributed by atoms with van der Waals surface area (Å²) < 4.78 is 0. The molecule has 0 atom stereocenters. The molecule has 0 saturated carbocycles. The Morgan fingerprint density at radius 2 is 2.08 bits per heavy atom. The maximum Gasteiger partial charge on any atom is 0.0597 e. The molecule has 0 aliphatic carbocycles. The summed E-state index contributed by atoms with van der Waals surface area (Å²) >= 11 is 0. The Labute approximate surface area is 79.3 Å². The maximum absolute atomic E-state index is 5.88. The average Bonchev–Trinajstić information content (AvgIpc) is 2.16. The summed E-state index contributed by atoms with van der Waals surface area (Å²) in [6, 6.07) is 5.96. The van der Waals surface area contributed by atoms with Gasteiger partial charge in [-0.25, -0.2) is 0 Å². The summed E-state index contributed by atoms with van der Waals surface area (Å²) in [4.78, 5) is 2.11. The number of rotatable bonds is 3. The van der Waals surface area contributed by atoms with E-state index in [1.807, 2.05) is 25.2 Å². The molecular weight excluding hydrogens is 162 g/mol. The molecule has 0 amide bonds. The van der Waals surface area contributed by atoms with Gasteiger partial charge < -0.3 is 16.4 Å². The number of benzene rings is 1. The van der Waals surface area contributed by atoms with Gasteiger partial charge in [0.25, 0.3) is 0 Å². The summed E-state index contributed by atoms with van der Waals surface area (Å²) in [5, 5.41) is 0. The van der Waals surface area contributed by atoms with E-state index in [-0.39, 0.29) is 0 Å². The Bertz CT molecular complexity index is 283. The molecule has 3 heteroatoms. The SMILES string of the molecule is CCN(C)c1ccc(CN)cc1N. The van der Waals surface area contributed by atoms with Gasteiger partial charge in [0, 0.05) is 20.1 Å². The molecule has 0 spiro atoms. The minimum absolute atomic E-state index is 0.542. The van der Waals surface area contributed by atoms with Crippen LogP contribution >= 0.6 is 0 Å². The molecule has 0 heterocycles. The first-order chi connectivity index (χ1) is 6.19. The second kappa shape index (κ2) is 4.14. The van der Waals surface area contributed by atoms with Gasteiger partial charge >= 0.3 is 0 Å². The topological polar surface area (TPSA) is 55.3 Å². The molecule has 0 aromatic heterocycles. The van der Waals surface area contributed by atoms with E-state index in [4.69, 9.17) is 11.5 Å². The molecular formula is C10H17N3. The number of hydrogen-bond donors (Lipinski definition) is 2. The quantitative estimate of drug-likeness (QED) is 0.685. The van der Waals surface area contributed by atoms with Crippen LogP contribution in [0.1, 0.15) is 12.5 Å². The van der Waals surface area contributed by atoms with Crippen molar-refractivity contribution in [3.8, 4) is 0 Å². The predicted octanol–water partition coefficient (Wildman–Crippen LogP) is 1.18. The average molecular weight is 179 g/mol. The molecule has 1 aromatic rings. The van der Waals surface area contributed by atoms with Crippen LogP contribution in [0.2, 0.25) is 0 Å². The molecule has 0 saturated heterocycles. The third-order valence-electron chi connectivity index (χ3n) is 2.21. The Balaban J connectivity index is 2.98. The molecule has 4 N–H and O–H groups in total. The molecule has 3 nitrogen and oxygen atoms in total. The predicted molar refractivity (Wildman–Crippen MR) is 57.7 cm³/mol. The number of anilines is 2. The number of hydrogen-bond acceptors (Lipinski definition) is 3. The van der Waals surface area contributed by atoms with E-state index in [0.717, 1.165) is 23.5 Å². The second-order valence-corrected chi connectivity index (χ2v) is 3.11. The molecule has 0 aliphatic heterocycles. The van der Waals surface area contributed by atoms with Gasteiger partial charge in [0.05, 0.1) is 11.4 Å². The molecule has 0 fully saturated rings. The lowest BCUT2D eigenvalue weighted by Gasteiger charge is -2.19. The zero-order valence-corrected chi connectivity index (χ0v) is 8.25. The van der Waals surface area contributed by atoms with Crippen LogP contribution in [0.4, 0.5) is 11.4 Å². The van der Waals surface area contributed by atoms with Crippen molar-refractivity contribution in [2.24, 2.45) is 5.73 Å². The third kappa shape index (κ3) is 2.12. The third-order valence-corrected chi connectivity index (χ3v) is 2.21. The lowest BCUT2D eigenvalue weighted by Crippen LogP contribution is -2.17. The van der Waals surface area contributed by atoms with E-state index in [2.05, 4.69) is 11.8 Å². The van der Waals surface area contributed by atoms with E-state index in [9.17, 15) is 0 Å². The highest BCUT2D eigenvalue weighted by Gasteiger charge is 2.03. The fourth-order valence-corrected chi connectivity index (χ4v) is 1.25.